The zero-order valence-electron chi connectivity index (χ0n) is 13.9. The Kier molecular flexibility index (Phi) is 9.44. The van der Waals surface area contributed by atoms with E-state index < -0.39 is 0 Å². The molecule has 1 aliphatic heterocycles. The highest BCUT2D eigenvalue weighted by Gasteiger charge is 2.26. The molecule has 1 N–H and O–H groups in total. The van der Waals surface area contributed by atoms with E-state index >= 15 is 0 Å². The molecule has 0 amide bonds. The summed E-state index contributed by atoms with van der Waals surface area (Å²) in [5.41, 5.74) is 0. The molecule has 1 heterocycles. The molecule has 2 atom stereocenters. The van der Waals surface area contributed by atoms with Gasteiger partial charge in [-0.25, -0.2) is 0 Å². The molecule has 4 heteroatoms. The summed E-state index contributed by atoms with van der Waals surface area (Å²) in [5.74, 6) is 0.762. The number of piperazine rings is 1. The number of hydrogen-bond donors (Lipinski definition) is 1. The molecule has 0 aromatic rings. The van der Waals surface area contributed by atoms with Gasteiger partial charge < -0.3 is 14.8 Å². The predicted octanol–water partition coefficient (Wildman–Crippen LogP) is 2.14. The van der Waals surface area contributed by atoms with Crippen molar-refractivity contribution < 1.29 is 9.47 Å². The maximum absolute atomic E-state index is 5.71. The second-order valence-corrected chi connectivity index (χ2v) is 6.25. The van der Waals surface area contributed by atoms with Crippen molar-refractivity contribution >= 4 is 0 Å². The average molecular weight is 286 g/mol. The summed E-state index contributed by atoms with van der Waals surface area (Å²) in [7, 11) is 1.74. The first-order valence-electron chi connectivity index (χ1n) is 8.21. The van der Waals surface area contributed by atoms with Gasteiger partial charge in [0, 0.05) is 52.0 Å². The maximum Gasteiger partial charge on any atom is 0.0593 e. The lowest BCUT2D eigenvalue weighted by Gasteiger charge is -2.40. The standard InChI is InChI=1S/C16H34N2O2/c1-5-16-12-17-15(11-14(2)3)13-18(16)7-10-20-9-6-8-19-4/h14-17H,5-13H2,1-4H3. The molecule has 0 aromatic carbocycles. The molecule has 120 valence electrons. The lowest BCUT2D eigenvalue weighted by molar-refractivity contribution is 0.0531. The first kappa shape index (κ1) is 17.9. The van der Waals surface area contributed by atoms with Gasteiger partial charge in [0.1, 0.15) is 0 Å². The summed E-state index contributed by atoms with van der Waals surface area (Å²) in [4.78, 5) is 2.61. The van der Waals surface area contributed by atoms with Crippen LogP contribution in [-0.2, 0) is 9.47 Å². The highest BCUT2D eigenvalue weighted by Crippen LogP contribution is 2.14. The fraction of sp³-hybridized carbons (Fsp3) is 1.00. The zero-order valence-corrected chi connectivity index (χ0v) is 13.9. The van der Waals surface area contributed by atoms with Crippen LogP contribution in [0.15, 0.2) is 0 Å². The van der Waals surface area contributed by atoms with E-state index in [1.165, 1.54) is 12.8 Å². The van der Waals surface area contributed by atoms with E-state index in [1.807, 2.05) is 0 Å². The number of hydrogen-bond acceptors (Lipinski definition) is 4. The van der Waals surface area contributed by atoms with Gasteiger partial charge in [0.25, 0.3) is 0 Å². The van der Waals surface area contributed by atoms with Crippen molar-refractivity contribution in [2.24, 2.45) is 5.92 Å². The molecule has 1 aliphatic rings. The van der Waals surface area contributed by atoms with Crippen LogP contribution in [-0.4, -0.2) is 63.5 Å². The van der Waals surface area contributed by atoms with Gasteiger partial charge in [-0.05, 0) is 25.2 Å². The molecule has 4 nitrogen and oxygen atoms in total. The Morgan fingerprint density at radius 1 is 1.25 bits per heavy atom. The highest BCUT2D eigenvalue weighted by atomic mass is 16.5. The smallest absolute Gasteiger partial charge is 0.0593 e. The third kappa shape index (κ3) is 7.02. The molecule has 20 heavy (non-hydrogen) atoms. The summed E-state index contributed by atoms with van der Waals surface area (Å²) < 4.78 is 10.7. The van der Waals surface area contributed by atoms with Crippen LogP contribution in [0.1, 0.15) is 40.0 Å². The van der Waals surface area contributed by atoms with E-state index in [1.54, 1.807) is 7.11 Å². The van der Waals surface area contributed by atoms with Gasteiger partial charge in [-0.1, -0.05) is 20.8 Å². The van der Waals surface area contributed by atoms with Gasteiger partial charge in [0.05, 0.1) is 6.61 Å². The summed E-state index contributed by atoms with van der Waals surface area (Å²) in [6.45, 7) is 12.7. The Balaban J connectivity index is 2.24. The van der Waals surface area contributed by atoms with Crippen LogP contribution in [0, 0.1) is 5.92 Å². The molecule has 0 radical (unpaired) electrons. The number of nitrogens with one attached hydrogen (secondary N) is 1. The molecular weight excluding hydrogens is 252 g/mol. The number of nitrogens with zero attached hydrogens (tertiary/aromatic N) is 1. The Morgan fingerprint density at radius 2 is 2.05 bits per heavy atom. The topological polar surface area (TPSA) is 33.7 Å². The van der Waals surface area contributed by atoms with E-state index in [4.69, 9.17) is 9.47 Å². The van der Waals surface area contributed by atoms with Crippen LogP contribution in [0.5, 0.6) is 0 Å². The van der Waals surface area contributed by atoms with Crippen molar-refractivity contribution in [3.63, 3.8) is 0 Å². The molecule has 1 fully saturated rings. The molecule has 0 saturated carbocycles. The van der Waals surface area contributed by atoms with E-state index in [9.17, 15) is 0 Å². The fourth-order valence-corrected chi connectivity index (χ4v) is 2.92. The predicted molar refractivity (Wildman–Crippen MR) is 84.2 cm³/mol. The number of ether oxygens (including phenoxy) is 2. The van der Waals surface area contributed by atoms with Crippen LogP contribution in [0.3, 0.4) is 0 Å². The van der Waals surface area contributed by atoms with E-state index in [2.05, 4.69) is 31.0 Å². The van der Waals surface area contributed by atoms with Crippen LogP contribution >= 0.6 is 0 Å². The van der Waals surface area contributed by atoms with Crippen molar-refractivity contribution in [3.05, 3.63) is 0 Å². The van der Waals surface area contributed by atoms with Crippen LogP contribution < -0.4 is 5.32 Å². The monoisotopic (exact) mass is 286 g/mol. The first-order valence-corrected chi connectivity index (χ1v) is 8.21. The minimum absolute atomic E-state index is 0.645. The lowest BCUT2D eigenvalue weighted by Crippen LogP contribution is -2.57. The minimum atomic E-state index is 0.645. The fourth-order valence-electron chi connectivity index (χ4n) is 2.92. The van der Waals surface area contributed by atoms with Gasteiger partial charge >= 0.3 is 0 Å². The Hall–Kier alpha value is -0.160. The third-order valence-corrected chi connectivity index (χ3v) is 4.00. The van der Waals surface area contributed by atoms with Crippen molar-refractivity contribution in [3.8, 4) is 0 Å². The van der Waals surface area contributed by atoms with Crippen molar-refractivity contribution in [1.82, 2.24) is 10.2 Å². The molecule has 0 aromatic heterocycles. The molecule has 2 unspecified atom stereocenters. The molecule has 0 bridgehead atoms. The van der Waals surface area contributed by atoms with Gasteiger partial charge in [0.2, 0.25) is 0 Å². The number of rotatable bonds is 10. The Bertz CT molecular complexity index is 237. The summed E-state index contributed by atoms with van der Waals surface area (Å²) in [6.07, 6.45) is 3.47. The van der Waals surface area contributed by atoms with Gasteiger partial charge in [-0.2, -0.15) is 0 Å². The SMILES string of the molecule is CCC1CNC(CC(C)C)CN1CCOCCCOC. The minimum Gasteiger partial charge on any atom is -0.385 e. The normalized spacial score (nSPS) is 24.4. The summed E-state index contributed by atoms with van der Waals surface area (Å²) in [6, 6.07) is 1.31. The van der Waals surface area contributed by atoms with Crippen LogP contribution in [0.25, 0.3) is 0 Å². The lowest BCUT2D eigenvalue weighted by atomic mass is 9.99. The second-order valence-electron chi connectivity index (χ2n) is 6.25. The average Bonchev–Trinajstić information content (AvgIpc) is 2.42. The quantitative estimate of drug-likeness (QED) is 0.624. The van der Waals surface area contributed by atoms with E-state index in [0.29, 0.717) is 12.1 Å². The van der Waals surface area contributed by atoms with Gasteiger partial charge in [0.15, 0.2) is 0 Å². The highest BCUT2D eigenvalue weighted by molar-refractivity contribution is 4.85. The van der Waals surface area contributed by atoms with Crippen molar-refractivity contribution in [2.45, 2.75) is 52.1 Å². The van der Waals surface area contributed by atoms with Crippen molar-refractivity contribution in [2.75, 3.05) is 46.6 Å². The van der Waals surface area contributed by atoms with Gasteiger partial charge in [-0.3, -0.25) is 4.90 Å². The van der Waals surface area contributed by atoms with Crippen LogP contribution in [0.2, 0.25) is 0 Å². The maximum atomic E-state index is 5.71. The summed E-state index contributed by atoms with van der Waals surface area (Å²) >= 11 is 0. The molecule has 0 aliphatic carbocycles. The number of methoxy groups -OCH3 is 1. The summed E-state index contributed by atoms with van der Waals surface area (Å²) in [5, 5.41) is 3.70. The molecule has 1 saturated heterocycles. The molecular formula is C16H34N2O2. The zero-order chi connectivity index (χ0) is 14.8. The third-order valence-electron chi connectivity index (χ3n) is 4.00. The van der Waals surface area contributed by atoms with Gasteiger partial charge in [-0.15, -0.1) is 0 Å². The van der Waals surface area contributed by atoms with Crippen molar-refractivity contribution in [1.29, 1.82) is 0 Å². The first-order chi connectivity index (χ1) is 9.67. The van der Waals surface area contributed by atoms with E-state index in [-0.39, 0.29) is 0 Å². The second kappa shape index (κ2) is 10.6. The van der Waals surface area contributed by atoms with Crippen LogP contribution in [0.4, 0.5) is 0 Å². The molecule has 0 spiro atoms. The largest absolute Gasteiger partial charge is 0.385 e. The van der Waals surface area contributed by atoms with E-state index in [0.717, 1.165) is 51.8 Å². The Labute approximate surface area is 125 Å². The molecule has 1 rings (SSSR count). The Morgan fingerprint density at radius 3 is 2.70 bits per heavy atom.